The summed E-state index contributed by atoms with van der Waals surface area (Å²) in [6, 6.07) is 11.3. The summed E-state index contributed by atoms with van der Waals surface area (Å²) in [5, 5.41) is 21.1. The topological polar surface area (TPSA) is 78.2 Å². The smallest absolute Gasteiger partial charge is 0.346 e. The van der Waals surface area contributed by atoms with E-state index in [9.17, 15) is 20.0 Å². The van der Waals surface area contributed by atoms with Crippen molar-refractivity contribution < 1.29 is 14.7 Å². The summed E-state index contributed by atoms with van der Waals surface area (Å²) in [7, 11) is 0. The Hall–Kier alpha value is -2.75. The van der Waals surface area contributed by atoms with Gasteiger partial charge >= 0.3 is 5.97 Å². The minimum absolute atomic E-state index is 0.100. The van der Waals surface area contributed by atoms with E-state index in [0.717, 1.165) is 26.7 Å². The van der Waals surface area contributed by atoms with E-state index in [1.54, 1.807) is 12.1 Å². The molecule has 0 unspecified atom stereocenters. The van der Waals surface area contributed by atoms with Gasteiger partial charge in [0.15, 0.2) is 5.78 Å². The van der Waals surface area contributed by atoms with Gasteiger partial charge in [-0.15, -0.1) is 22.7 Å². The van der Waals surface area contributed by atoms with Crippen LogP contribution < -0.4 is 0 Å². The summed E-state index contributed by atoms with van der Waals surface area (Å²) >= 11 is 2.66. The third kappa shape index (κ3) is 3.07. The SMILES string of the molecule is CCc1sc(C(=O)O)c(-c2ccc(-c3cccs3)c(C(C)=O)c2)c1C#N. The number of hydrogen-bond donors (Lipinski definition) is 1. The molecule has 3 aromatic rings. The van der Waals surface area contributed by atoms with Crippen molar-refractivity contribution in [2.75, 3.05) is 0 Å². The normalized spacial score (nSPS) is 10.5. The van der Waals surface area contributed by atoms with E-state index >= 15 is 0 Å². The van der Waals surface area contributed by atoms with Gasteiger partial charge < -0.3 is 5.11 Å². The molecule has 2 aromatic heterocycles. The lowest BCUT2D eigenvalue weighted by atomic mass is 9.94. The number of aromatic carboxylic acids is 1. The molecule has 0 atom stereocenters. The molecule has 0 aliphatic heterocycles. The second-order valence-electron chi connectivity index (χ2n) is 5.67. The van der Waals surface area contributed by atoms with Crippen molar-refractivity contribution in [1.29, 1.82) is 5.26 Å². The summed E-state index contributed by atoms with van der Waals surface area (Å²) in [6.45, 7) is 3.38. The maximum atomic E-state index is 12.2. The molecule has 0 radical (unpaired) electrons. The standard InChI is InChI=1S/C20H15NO3S2/c1-3-16-15(10-21)18(19(26-16)20(23)24)12-6-7-13(14(9-12)11(2)22)17-5-4-8-25-17/h4-9H,3H2,1-2H3,(H,23,24). The Morgan fingerprint density at radius 2 is 2.04 bits per heavy atom. The Morgan fingerprint density at radius 1 is 1.27 bits per heavy atom. The number of thiophene rings is 2. The van der Waals surface area contributed by atoms with Crippen molar-refractivity contribution in [3.8, 4) is 27.6 Å². The largest absolute Gasteiger partial charge is 0.477 e. The van der Waals surface area contributed by atoms with Gasteiger partial charge in [-0.05, 0) is 36.4 Å². The number of carboxylic acid groups (broad SMARTS) is 1. The first kappa shape index (κ1) is 18.1. The molecule has 0 saturated heterocycles. The lowest BCUT2D eigenvalue weighted by Crippen LogP contribution is -1.99. The number of Topliss-reactive ketones (excluding diaryl/α,β-unsaturated/α-hetero) is 1. The quantitative estimate of drug-likeness (QED) is 0.594. The fraction of sp³-hybridized carbons (Fsp3) is 0.150. The zero-order valence-electron chi connectivity index (χ0n) is 14.2. The van der Waals surface area contributed by atoms with Crippen LogP contribution in [0.2, 0.25) is 0 Å². The Kier molecular flexibility index (Phi) is 5.03. The minimum Gasteiger partial charge on any atom is -0.477 e. The first-order valence-electron chi connectivity index (χ1n) is 7.96. The molecule has 0 amide bonds. The Bertz CT molecular complexity index is 1040. The monoisotopic (exact) mass is 381 g/mol. The molecule has 0 spiro atoms. The number of carbonyl (C=O) groups is 2. The van der Waals surface area contributed by atoms with Gasteiger partial charge in [0.2, 0.25) is 0 Å². The number of nitriles is 1. The third-order valence-corrected chi connectivity index (χ3v) is 6.31. The van der Waals surface area contributed by atoms with Crippen molar-refractivity contribution in [3.05, 3.63) is 56.6 Å². The highest BCUT2D eigenvalue weighted by Gasteiger charge is 2.24. The highest BCUT2D eigenvalue weighted by atomic mass is 32.1. The first-order valence-corrected chi connectivity index (χ1v) is 9.65. The Labute approximate surface area is 159 Å². The molecule has 130 valence electrons. The predicted octanol–water partition coefficient (Wildman–Crippen LogP) is 5.48. The number of hydrogen-bond acceptors (Lipinski definition) is 5. The van der Waals surface area contributed by atoms with E-state index < -0.39 is 5.97 Å². The third-order valence-electron chi connectivity index (χ3n) is 4.08. The molecule has 0 aliphatic carbocycles. The summed E-state index contributed by atoms with van der Waals surface area (Å²) in [6.07, 6.45) is 0.584. The number of nitrogens with zero attached hydrogens (tertiary/aromatic N) is 1. The van der Waals surface area contributed by atoms with Crippen LogP contribution in [0.15, 0.2) is 35.7 Å². The zero-order chi connectivity index (χ0) is 18.8. The summed E-state index contributed by atoms with van der Waals surface area (Å²) in [4.78, 5) is 25.8. The van der Waals surface area contributed by atoms with E-state index in [1.807, 2.05) is 30.5 Å². The van der Waals surface area contributed by atoms with Gasteiger partial charge in [-0.25, -0.2) is 4.79 Å². The van der Waals surface area contributed by atoms with Crippen molar-refractivity contribution in [2.24, 2.45) is 0 Å². The lowest BCUT2D eigenvalue weighted by Gasteiger charge is -2.09. The number of aryl methyl sites for hydroxylation is 1. The molecular formula is C20H15NO3S2. The highest BCUT2D eigenvalue weighted by Crippen LogP contribution is 2.39. The number of rotatable bonds is 5. The van der Waals surface area contributed by atoms with Gasteiger partial charge in [0.1, 0.15) is 10.9 Å². The predicted molar refractivity (Wildman–Crippen MR) is 104 cm³/mol. The van der Waals surface area contributed by atoms with Gasteiger partial charge in [0.05, 0.1) is 5.56 Å². The highest BCUT2D eigenvalue weighted by molar-refractivity contribution is 7.14. The molecule has 26 heavy (non-hydrogen) atoms. The second kappa shape index (κ2) is 7.24. The van der Waals surface area contributed by atoms with Gasteiger partial charge in [-0.1, -0.05) is 25.1 Å². The van der Waals surface area contributed by atoms with Gasteiger partial charge in [0.25, 0.3) is 0 Å². The van der Waals surface area contributed by atoms with E-state index in [1.165, 1.54) is 18.3 Å². The molecule has 4 nitrogen and oxygen atoms in total. The van der Waals surface area contributed by atoms with E-state index in [2.05, 4.69) is 6.07 Å². The lowest BCUT2D eigenvalue weighted by molar-refractivity contribution is 0.0702. The maximum Gasteiger partial charge on any atom is 0.346 e. The van der Waals surface area contributed by atoms with E-state index in [0.29, 0.717) is 28.7 Å². The average Bonchev–Trinajstić information content (AvgIpc) is 3.28. The van der Waals surface area contributed by atoms with Crippen LogP contribution in [0.25, 0.3) is 21.6 Å². The molecule has 0 fully saturated rings. The second-order valence-corrected chi connectivity index (χ2v) is 7.72. The molecule has 3 rings (SSSR count). The van der Waals surface area contributed by atoms with Crippen LogP contribution in [0.5, 0.6) is 0 Å². The minimum atomic E-state index is -1.06. The summed E-state index contributed by atoms with van der Waals surface area (Å²) in [5.74, 6) is -1.16. The van der Waals surface area contributed by atoms with Crippen molar-refractivity contribution in [2.45, 2.75) is 20.3 Å². The van der Waals surface area contributed by atoms with Crippen LogP contribution >= 0.6 is 22.7 Å². The summed E-state index contributed by atoms with van der Waals surface area (Å²) in [5.41, 5.74) is 2.71. The van der Waals surface area contributed by atoms with Crippen LogP contribution in [0.1, 0.15) is 44.3 Å². The van der Waals surface area contributed by atoms with Crippen LogP contribution in [-0.4, -0.2) is 16.9 Å². The molecule has 0 saturated carbocycles. The average molecular weight is 381 g/mol. The zero-order valence-corrected chi connectivity index (χ0v) is 15.8. The van der Waals surface area contributed by atoms with E-state index in [-0.39, 0.29) is 10.7 Å². The number of carbonyl (C=O) groups excluding carboxylic acids is 1. The Balaban J connectivity index is 2.28. The number of benzene rings is 1. The number of carboxylic acids is 1. The Morgan fingerprint density at radius 3 is 2.58 bits per heavy atom. The molecule has 2 heterocycles. The van der Waals surface area contributed by atoms with Crippen LogP contribution in [0.3, 0.4) is 0 Å². The van der Waals surface area contributed by atoms with Crippen molar-refractivity contribution in [1.82, 2.24) is 0 Å². The van der Waals surface area contributed by atoms with Gasteiger partial charge in [0, 0.05) is 26.4 Å². The van der Waals surface area contributed by atoms with Crippen molar-refractivity contribution in [3.63, 3.8) is 0 Å². The van der Waals surface area contributed by atoms with Gasteiger partial charge in [-0.2, -0.15) is 5.26 Å². The molecule has 0 aliphatic rings. The fourth-order valence-corrected chi connectivity index (χ4v) is 4.72. The summed E-state index contributed by atoms with van der Waals surface area (Å²) < 4.78 is 0. The molecule has 1 aromatic carbocycles. The van der Waals surface area contributed by atoms with E-state index in [4.69, 9.17) is 0 Å². The molecule has 6 heteroatoms. The fourth-order valence-electron chi connectivity index (χ4n) is 2.91. The number of ketones is 1. The van der Waals surface area contributed by atoms with Gasteiger partial charge in [-0.3, -0.25) is 4.79 Å². The first-order chi connectivity index (χ1) is 12.5. The molecule has 0 bridgehead atoms. The van der Waals surface area contributed by atoms with Crippen LogP contribution in [0, 0.1) is 11.3 Å². The maximum absolute atomic E-state index is 12.2. The van der Waals surface area contributed by atoms with Crippen LogP contribution in [-0.2, 0) is 6.42 Å². The molecular weight excluding hydrogens is 366 g/mol. The molecule has 1 N–H and O–H groups in total. The van der Waals surface area contributed by atoms with Crippen molar-refractivity contribution >= 4 is 34.4 Å². The van der Waals surface area contributed by atoms with Crippen LogP contribution in [0.4, 0.5) is 0 Å².